The van der Waals surface area contributed by atoms with Crippen LogP contribution in [0.15, 0.2) is 6.07 Å². The van der Waals surface area contributed by atoms with E-state index in [1.54, 1.807) is 0 Å². The molecule has 2 heterocycles. The molecule has 2 aliphatic rings. The molecule has 1 aromatic heterocycles. The summed E-state index contributed by atoms with van der Waals surface area (Å²) in [6.07, 6.45) is 4.05. The second kappa shape index (κ2) is 4.26. The van der Waals surface area contributed by atoms with Crippen molar-refractivity contribution in [3.63, 3.8) is 0 Å². The van der Waals surface area contributed by atoms with Gasteiger partial charge in [-0.2, -0.15) is 0 Å². The Hall–Kier alpha value is -1.16. The Labute approximate surface area is 102 Å². The van der Waals surface area contributed by atoms with Gasteiger partial charge in [0.2, 0.25) is 0 Å². The number of aryl methyl sites for hydroxylation is 1. The molecule has 92 valence electrons. The molecule has 0 radical (unpaired) electrons. The molecule has 3 rings (SSSR count). The van der Waals surface area contributed by atoms with Gasteiger partial charge in [-0.25, -0.2) is 9.97 Å². The van der Waals surface area contributed by atoms with E-state index in [1.165, 1.54) is 12.8 Å². The molecule has 0 atom stereocenters. The molecule has 4 nitrogen and oxygen atoms in total. The molecule has 1 aromatic rings. The van der Waals surface area contributed by atoms with Gasteiger partial charge in [-0.3, -0.25) is 0 Å². The summed E-state index contributed by atoms with van der Waals surface area (Å²) in [5.41, 5.74) is 1.06. The highest BCUT2D eigenvalue weighted by Gasteiger charge is 2.28. The standard InChI is InChI=1S/C13H19N3O/c1-9-8-12(15-13(14-9)10-2-3-10)16-6-4-11(17)5-7-16/h8,10-11,17H,2-7H2,1H3. The van der Waals surface area contributed by atoms with E-state index >= 15 is 0 Å². The van der Waals surface area contributed by atoms with Crippen LogP contribution in [-0.2, 0) is 0 Å². The van der Waals surface area contributed by atoms with E-state index in [0.29, 0.717) is 5.92 Å². The fourth-order valence-electron chi connectivity index (χ4n) is 2.36. The first kappa shape index (κ1) is 11.0. The van der Waals surface area contributed by atoms with E-state index in [-0.39, 0.29) is 6.10 Å². The monoisotopic (exact) mass is 233 g/mol. The summed E-state index contributed by atoms with van der Waals surface area (Å²) in [4.78, 5) is 11.5. The third kappa shape index (κ3) is 2.41. The Kier molecular flexibility index (Phi) is 2.74. The summed E-state index contributed by atoms with van der Waals surface area (Å²) in [6, 6.07) is 2.06. The zero-order chi connectivity index (χ0) is 11.8. The number of aliphatic hydroxyl groups is 1. The van der Waals surface area contributed by atoms with Gasteiger partial charge in [0.25, 0.3) is 0 Å². The number of hydrogen-bond acceptors (Lipinski definition) is 4. The van der Waals surface area contributed by atoms with Crippen LogP contribution >= 0.6 is 0 Å². The molecule has 2 fully saturated rings. The zero-order valence-electron chi connectivity index (χ0n) is 10.3. The molecular weight excluding hydrogens is 214 g/mol. The quantitative estimate of drug-likeness (QED) is 0.843. The van der Waals surface area contributed by atoms with Crippen LogP contribution in [0, 0.1) is 6.92 Å². The van der Waals surface area contributed by atoms with Crippen molar-refractivity contribution in [2.45, 2.75) is 44.6 Å². The van der Waals surface area contributed by atoms with Gasteiger partial charge in [0, 0.05) is 30.8 Å². The lowest BCUT2D eigenvalue weighted by Crippen LogP contribution is -2.36. The number of aliphatic hydroxyl groups excluding tert-OH is 1. The molecule has 0 aromatic carbocycles. The van der Waals surface area contributed by atoms with Gasteiger partial charge in [-0.1, -0.05) is 0 Å². The average molecular weight is 233 g/mol. The minimum Gasteiger partial charge on any atom is -0.393 e. The molecular formula is C13H19N3O. The smallest absolute Gasteiger partial charge is 0.134 e. The van der Waals surface area contributed by atoms with Crippen molar-refractivity contribution in [1.82, 2.24) is 9.97 Å². The second-order valence-electron chi connectivity index (χ2n) is 5.22. The van der Waals surface area contributed by atoms with Gasteiger partial charge in [0.15, 0.2) is 0 Å². The van der Waals surface area contributed by atoms with Crippen molar-refractivity contribution in [2.24, 2.45) is 0 Å². The van der Waals surface area contributed by atoms with E-state index in [9.17, 15) is 5.11 Å². The van der Waals surface area contributed by atoms with E-state index in [1.807, 2.05) is 6.92 Å². The van der Waals surface area contributed by atoms with Gasteiger partial charge >= 0.3 is 0 Å². The first-order valence-electron chi connectivity index (χ1n) is 6.51. The van der Waals surface area contributed by atoms with Gasteiger partial charge in [0.05, 0.1) is 6.10 Å². The molecule has 0 unspecified atom stereocenters. The SMILES string of the molecule is Cc1cc(N2CCC(O)CC2)nc(C2CC2)n1. The number of hydrogen-bond donors (Lipinski definition) is 1. The maximum Gasteiger partial charge on any atom is 0.134 e. The molecule has 1 saturated heterocycles. The van der Waals surface area contributed by atoms with Crippen molar-refractivity contribution >= 4 is 5.82 Å². The van der Waals surface area contributed by atoms with E-state index in [4.69, 9.17) is 0 Å². The van der Waals surface area contributed by atoms with Gasteiger partial charge < -0.3 is 10.0 Å². The summed E-state index contributed by atoms with van der Waals surface area (Å²) in [5, 5.41) is 9.52. The van der Waals surface area contributed by atoms with Crippen LogP contribution in [0.5, 0.6) is 0 Å². The maximum absolute atomic E-state index is 9.52. The van der Waals surface area contributed by atoms with Crippen molar-refractivity contribution in [3.8, 4) is 0 Å². The lowest BCUT2D eigenvalue weighted by atomic mass is 10.1. The predicted octanol–water partition coefficient (Wildman–Crippen LogP) is 1.62. The summed E-state index contributed by atoms with van der Waals surface area (Å²) < 4.78 is 0. The Morgan fingerprint density at radius 3 is 2.53 bits per heavy atom. The van der Waals surface area contributed by atoms with E-state index in [2.05, 4.69) is 20.9 Å². The van der Waals surface area contributed by atoms with Crippen LogP contribution in [0.2, 0.25) is 0 Å². The molecule has 0 spiro atoms. The van der Waals surface area contributed by atoms with Crippen LogP contribution in [0.3, 0.4) is 0 Å². The first-order valence-corrected chi connectivity index (χ1v) is 6.51. The maximum atomic E-state index is 9.52. The van der Waals surface area contributed by atoms with E-state index < -0.39 is 0 Å². The summed E-state index contributed by atoms with van der Waals surface area (Å²) in [5.74, 6) is 2.67. The largest absolute Gasteiger partial charge is 0.393 e. The Morgan fingerprint density at radius 1 is 1.18 bits per heavy atom. The average Bonchev–Trinajstić information content (AvgIpc) is 3.13. The van der Waals surface area contributed by atoms with Gasteiger partial charge in [-0.05, 0) is 32.6 Å². The molecule has 1 aliphatic heterocycles. The molecule has 1 aliphatic carbocycles. The third-order valence-corrected chi connectivity index (χ3v) is 3.59. The number of nitrogens with zero attached hydrogens (tertiary/aromatic N) is 3. The fraction of sp³-hybridized carbons (Fsp3) is 0.692. The van der Waals surface area contributed by atoms with E-state index in [0.717, 1.165) is 43.3 Å². The van der Waals surface area contributed by atoms with Crippen LogP contribution in [0.25, 0.3) is 0 Å². The lowest BCUT2D eigenvalue weighted by molar-refractivity contribution is 0.145. The van der Waals surface area contributed by atoms with Crippen molar-refractivity contribution < 1.29 is 5.11 Å². The van der Waals surface area contributed by atoms with Gasteiger partial charge in [0.1, 0.15) is 11.6 Å². The normalized spacial score (nSPS) is 21.9. The summed E-state index contributed by atoms with van der Waals surface area (Å²) >= 11 is 0. The predicted molar refractivity (Wildman–Crippen MR) is 66.2 cm³/mol. The van der Waals surface area contributed by atoms with Crippen LogP contribution in [-0.4, -0.2) is 34.3 Å². The minimum absolute atomic E-state index is 0.128. The molecule has 17 heavy (non-hydrogen) atoms. The number of piperidine rings is 1. The van der Waals surface area contributed by atoms with Crippen LogP contribution < -0.4 is 4.90 Å². The molecule has 0 bridgehead atoms. The number of aromatic nitrogens is 2. The van der Waals surface area contributed by atoms with Crippen molar-refractivity contribution in [3.05, 3.63) is 17.6 Å². The Balaban J connectivity index is 1.81. The zero-order valence-corrected chi connectivity index (χ0v) is 10.3. The Bertz CT molecular complexity index is 409. The molecule has 1 saturated carbocycles. The highest BCUT2D eigenvalue weighted by molar-refractivity contribution is 5.41. The molecule has 0 amide bonds. The topological polar surface area (TPSA) is 49.2 Å². The first-order chi connectivity index (χ1) is 8.22. The second-order valence-corrected chi connectivity index (χ2v) is 5.22. The lowest BCUT2D eigenvalue weighted by Gasteiger charge is -2.30. The fourth-order valence-corrected chi connectivity index (χ4v) is 2.36. The van der Waals surface area contributed by atoms with Gasteiger partial charge in [-0.15, -0.1) is 0 Å². The van der Waals surface area contributed by atoms with Crippen molar-refractivity contribution in [1.29, 1.82) is 0 Å². The number of anilines is 1. The van der Waals surface area contributed by atoms with Crippen LogP contribution in [0.1, 0.15) is 43.1 Å². The third-order valence-electron chi connectivity index (χ3n) is 3.59. The summed E-state index contributed by atoms with van der Waals surface area (Å²) in [6.45, 7) is 3.85. The summed E-state index contributed by atoms with van der Waals surface area (Å²) in [7, 11) is 0. The van der Waals surface area contributed by atoms with Crippen LogP contribution in [0.4, 0.5) is 5.82 Å². The van der Waals surface area contributed by atoms with Crippen molar-refractivity contribution in [2.75, 3.05) is 18.0 Å². The minimum atomic E-state index is -0.128. The Morgan fingerprint density at radius 2 is 1.88 bits per heavy atom. The number of rotatable bonds is 2. The molecule has 4 heteroatoms. The highest BCUT2D eigenvalue weighted by Crippen LogP contribution is 2.38. The molecule has 1 N–H and O–H groups in total. The highest BCUT2D eigenvalue weighted by atomic mass is 16.3.